The van der Waals surface area contributed by atoms with Crippen molar-refractivity contribution in [3.8, 4) is 0 Å². The molecule has 3 heterocycles. The van der Waals surface area contributed by atoms with Crippen molar-refractivity contribution in [2.75, 3.05) is 6.54 Å². The Balaban J connectivity index is 1.56. The zero-order chi connectivity index (χ0) is 15.4. The lowest BCUT2D eigenvalue weighted by Gasteiger charge is -2.24. The van der Waals surface area contributed by atoms with E-state index in [0.29, 0.717) is 12.6 Å². The standard InChI is InChI=1S/C17H22N4O/c1-14-11-19-20(12-14)13-17(22)21-10-2-3-16(21)5-4-15-6-8-18-9-7-15/h6-9,11-12,16H,2-5,10,13H2,1H3. The van der Waals surface area contributed by atoms with Crippen LogP contribution in [0.4, 0.5) is 0 Å². The Hall–Kier alpha value is -2.17. The summed E-state index contributed by atoms with van der Waals surface area (Å²) in [6.07, 6.45) is 11.6. The monoisotopic (exact) mass is 298 g/mol. The van der Waals surface area contributed by atoms with Gasteiger partial charge in [-0.15, -0.1) is 0 Å². The number of amides is 1. The van der Waals surface area contributed by atoms with Crippen molar-refractivity contribution in [1.82, 2.24) is 19.7 Å². The van der Waals surface area contributed by atoms with Gasteiger partial charge in [-0.25, -0.2) is 0 Å². The molecule has 116 valence electrons. The van der Waals surface area contributed by atoms with E-state index in [0.717, 1.165) is 37.8 Å². The summed E-state index contributed by atoms with van der Waals surface area (Å²) in [4.78, 5) is 18.6. The Morgan fingerprint density at radius 1 is 1.36 bits per heavy atom. The molecule has 1 amide bonds. The number of aromatic nitrogens is 3. The maximum Gasteiger partial charge on any atom is 0.244 e. The highest BCUT2D eigenvalue weighted by Gasteiger charge is 2.28. The normalized spacial score (nSPS) is 17.9. The van der Waals surface area contributed by atoms with Gasteiger partial charge in [0.05, 0.1) is 6.20 Å². The van der Waals surface area contributed by atoms with Gasteiger partial charge >= 0.3 is 0 Å². The fourth-order valence-electron chi connectivity index (χ4n) is 3.13. The first-order chi connectivity index (χ1) is 10.7. The molecule has 2 aromatic heterocycles. The lowest BCUT2D eigenvalue weighted by atomic mass is 10.0. The molecule has 0 aromatic carbocycles. The molecule has 1 saturated heterocycles. The molecule has 0 aliphatic carbocycles. The third-order valence-electron chi connectivity index (χ3n) is 4.27. The molecular formula is C17H22N4O. The average Bonchev–Trinajstić information content (AvgIpc) is 3.15. The summed E-state index contributed by atoms with van der Waals surface area (Å²) in [7, 11) is 0. The summed E-state index contributed by atoms with van der Waals surface area (Å²) < 4.78 is 1.73. The van der Waals surface area contributed by atoms with Gasteiger partial charge in [0.1, 0.15) is 6.54 Å². The van der Waals surface area contributed by atoms with Crippen molar-refractivity contribution in [3.63, 3.8) is 0 Å². The molecule has 22 heavy (non-hydrogen) atoms. The van der Waals surface area contributed by atoms with E-state index in [9.17, 15) is 4.79 Å². The minimum atomic E-state index is 0.181. The van der Waals surface area contributed by atoms with Crippen LogP contribution in [0, 0.1) is 6.92 Å². The minimum Gasteiger partial charge on any atom is -0.338 e. The van der Waals surface area contributed by atoms with E-state index in [1.54, 1.807) is 10.9 Å². The second-order valence-electron chi connectivity index (χ2n) is 5.99. The highest BCUT2D eigenvalue weighted by Crippen LogP contribution is 2.22. The Bertz CT molecular complexity index is 623. The predicted molar refractivity (Wildman–Crippen MR) is 84.3 cm³/mol. The fourth-order valence-corrected chi connectivity index (χ4v) is 3.13. The highest BCUT2D eigenvalue weighted by molar-refractivity contribution is 5.76. The van der Waals surface area contributed by atoms with Gasteiger partial charge < -0.3 is 4.90 Å². The third-order valence-corrected chi connectivity index (χ3v) is 4.27. The molecule has 0 radical (unpaired) electrons. The van der Waals surface area contributed by atoms with Crippen LogP contribution >= 0.6 is 0 Å². The van der Waals surface area contributed by atoms with Crippen LogP contribution in [0.5, 0.6) is 0 Å². The lowest BCUT2D eigenvalue weighted by Crippen LogP contribution is -2.38. The lowest BCUT2D eigenvalue weighted by molar-refractivity contribution is -0.132. The van der Waals surface area contributed by atoms with Gasteiger partial charge in [-0.2, -0.15) is 5.10 Å². The smallest absolute Gasteiger partial charge is 0.244 e. The van der Waals surface area contributed by atoms with E-state index in [-0.39, 0.29) is 5.91 Å². The maximum atomic E-state index is 12.5. The Labute approximate surface area is 131 Å². The van der Waals surface area contributed by atoms with Crippen LogP contribution in [0.25, 0.3) is 0 Å². The molecular weight excluding hydrogens is 276 g/mol. The number of hydrogen-bond acceptors (Lipinski definition) is 3. The van der Waals surface area contributed by atoms with Crippen LogP contribution < -0.4 is 0 Å². The first-order valence-electron chi connectivity index (χ1n) is 7.90. The second-order valence-corrected chi connectivity index (χ2v) is 5.99. The average molecular weight is 298 g/mol. The van der Waals surface area contributed by atoms with Gasteiger partial charge in [-0.1, -0.05) is 0 Å². The van der Waals surface area contributed by atoms with Crippen molar-refractivity contribution >= 4 is 5.91 Å². The molecule has 2 aromatic rings. The molecule has 1 fully saturated rings. The van der Waals surface area contributed by atoms with Crippen molar-refractivity contribution in [1.29, 1.82) is 0 Å². The largest absolute Gasteiger partial charge is 0.338 e. The van der Waals surface area contributed by atoms with Crippen LogP contribution in [0.1, 0.15) is 30.4 Å². The molecule has 3 rings (SSSR count). The van der Waals surface area contributed by atoms with E-state index in [1.165, 1.54) is 5.56 Å². The van der Waals surface area contributed by atoms with Gasteiger partial charge in [0.2, 0.25) is 5.91 Å². The van der Waals surface area contributed by atoms with Crippen molar-refractivity contribution in [3.05, 3.63) is 48.0 Å². The number of aryl methyl sites for hydroxylation is 2. The van der Waals surface area contributed by atoms with Crippen molar-refractivity contribution in [2.45, 2.75) is 45.2 Å². The maximum absolute atomic E-state index is 12.5. The summed E-state index contributed by atoms with van der Waals surface area (Å²) in [6.45, 7) is 3.21. The second kappa shape index (κ2) is 6.73. The zero-order valence-corrected chi connectivity index (χ0v) is 13.0. The number of rotatable bonds is 5. The molecule has 1 aliphatic rings. The number of carbonyl (C=O) groups is 1. The van der Waals surface area contributed by atoms with Gasteiger partial charge in [0, 0.05) is 31.2 Å². The number of pyridine rings is 1. The van der Waals surface area contributed by atoms with Crippen LogP contribution in [0.2, 0.25) is 0 Å². The molecule has 0 saturated carbocycles. The minimum absolute atomic E-state index is 0.181. The zero-order valence-electron chi connectivity index (χ0n) is 13.0. The molecule has 0 bridgehead atoms. The van der Waals surface area contributed by atoms with Gasteiger partial charge in [-0.05, 0) is 55.9 Å². The Morgan fingerprint density at radius 2 is 2.18 bits per heavy atom. The van der Waals surface area contributed by atoms with Crippen molar-refractivity contribution < 1.29 is 4.79 Å². The summed E-state index contributed by atoms with van der Waals surface area (Å²) in [6, 6.07) is 4.46. The summed E-state index contributed by atoms with van der Waals surface area (Å²) >= 11 is 0. The first-order valence-corrected chi connectivity index (χ1v) is 7.90. The number of likely N-dealkylation sites (tertiary alicyclic amines) is 1. The van der Waals surface area contributed by atoms with E-state index in [1.807, 2.05) is 42.5 Å². The quantitative estimate of drug-likeness (QED) is 0.850. The summed E-state index contributed by atoms with van der Waals surface area (Å²) in [5, 5.41) is 4.21. The Morgan fingerprint density at radius 3 is 2.91 bits per heavy atom. The third kappa shape index (κ3) is 3.53. The molecule has 1 atom stereocenters. The predicted octanol–water partition coefficient (Wildman–Crippen LogP) is 2.21. The van der Waals surface area contributed by atoms with Crippen LogP contribution in [-0.4, -0.2) is 38.2 Å². The van der Waals surface area contributed by atoms with Crippen LogP contribution in [0.3, 0.4) is 0 Å². The number of nitrogens with zero attached hydrogens (tertiary/aromatic N) is 4. The summed E-state index contributed by atoms with van der Waals surface area (Å²) in [5.41, 5.74) is 2.38. The topological polar surface area (TPSA) is 51.0 Å². The van der Waals surface area contributed by atoms with E-state index in [4.69, 9.17) is 0 Å². The van der Waals surface area contributed by atoms with Crippen LogP contribution in [0.15, 0.2) is 36.9 Å². The number of carbonyl (C=O) groups excluding carboxylic acids is 1. The van der Waals surface area contributed by atoms with E-state index < -0.39 is 0 Å². The number of hydrogen-bond donors (Lipinski definition) is 0. The molecule has 5 heteroatoms. The Kier molecular flexibility index (Phi) is 4.51. The SMILES string of the molecule is Cc1cnn(CC(=O)N2CCCC2CCc2ccncc2)c1. The van der Waals surface area contributed by atoms with Gasteiger partial charge in [0.25, 0.3) is 0 Å². The van der Waals surface area contributed by atoms with Gasteiger partial charge in [0.15, 0.2) is 0 Å². The highest BCUT2D eigenvalue weighted by atomic mass is 16.2. The fraction of sp³-hybridized carbons (Fsp3) is 0.471. The van der Waals surface area contributed by atoms with E-state index >= 15 is 0 Å². The molecule has 1 unspecified atom stereocenters. The first kappa shape index (κ1) is 14.8. The molecule has 0 N–H and O–H groups in total. The van der Waals surface area contributed by atoms with E-state index in [2.05, 4.69) is 10.1 Å². The molecule has 0 spiro atoms. The van der Waals surface area contributed by atoms with Crippen molar-refractivity contribution in [2.24, 2.45) is 0 Å². The molecule has 5 nitrogen and oxygen atoms in total. The van der Waals surface area contributed by atoms with Crippen LogP contribution in [-0.2, 0) is 17.8 Å². The van der Waals surface area contributed by atoms with Gasteiger partial charge in [-0.3, -0.25) is 14.5 Å². The summed E-state index contributed by atoms with van der Waals surface area (Å²) in [5.74, 6) is 0.181. The molecule has 1 aliphatic heterocycles.